The number of ether oxygens (including phenoxy) is 1. The molecule has 0 spiro atoms. The van der Waals surface area contributed by atoms with Crippen LogP contribution in [0, 0.1) is 0 Å². The van der Waals surface area contributed by atoms with Crippen molar-refractivity contribution in [1.82, 2.24) is 0 Å². The molecule has 0 bridgehead atoms. The second-order valence-electron chi connectivity index (χ2n) is 2.32. The topological polar surface area (TPSA) is 9.23 Å². The molecule has 1 radical (unpaired) electrons. The molecule has 0 aromatic carbocycles. The zero-order valence-corrected chi connectivity index (χ0v) is 8.21. The van der Waals surface area contributed by atoms with Crippen molar-refractivity contribution >= 4 is 0 Å². The van der Waals surface area contributed by atoms with E-state index in [1.54, 1.807) is 0 Å². The third-order valence-corrected chi connectivity index (χ3v) is 1.28. The van der Waals surface area contributed by atoms with Gasteiger partial charge in [-0.3, -0.25) is 0 Å². The van der Waals surface area contributed by atoms with Crippen molar-refractivity contribution in [2.75, 3.05) is 13.2 Å². The predicted molar refractivity (Wildman–Crippen MR) is 40.6 cm³/mol. The SMILES string of the molecule is CCCCOCCCC.[Mn]. The predicted octanol–water partition coefficient (Wildman–Crippen LogP) is 2.60. The second-order valence-corrected chi connectivity index (χ2v) is 2.32. The normalized spacial score (nSPS) is 9.00. The second kappa shape index (κ2) is 12.2. The summed E-state index contributed by atoms with van der Waals surface area (Å²) in [5.41, 5.74) is 0. The molecule has 0 atom stereocenters. The van der Waals surface area contributed by atoms with Crippen LogP contribution in [-0.4, -0.2) is 13.2 Å². The van der Waals surface area contributed by atoms with Crippen LogP contribution in [0.15, 0.2) is 0 Å². The Morgan fingerprint density at radius 2 is 1.30 bits per heavy atom. The van der Waals surface area contributed by atoms with Crippen LogP contribution in [0.1, 0.15) is 39.5 Å². The number of hydrogen-bond acceptors (Lipinski definition) is 1. The van der Waals surface area contributed by atoms with Gasteiger partial charge in [0.15, 0.2) is 0 Å². The van der Waals surface area contributed by atoms with Gasteiger partial charge in [0.05, 0.1) is 0 Å². The Hall–Kier alpha value is 0.479. The monoisotopic (exact) mass is 185 g/mol. The number of rotatable bonds is 6. The van der Waals surface area contributed by atoms with Crippen LogP contribution in [0.4, 0.5) is 0 Å². The van der Waals surface area contributed by atoms with E-state index in [0.29, 0.717) is 0 Å². The van der Waals surface area contributed by atoms with Gasteiger partial charge < -0.3 is 4.74 Å². The molecule has 0 heterocycles. The third-order valence-electron chi connectivity index (χ3n) is 1.28. The molecule has 0 aromatic rings. The van der Waals surface area contributed by atoms with Crippen LogP contribution in [-0.2, 0) is 21.8 Å². The first-order chi connectivity index (χ1) is 4.41. The molecule has 0 aliphatic carbocycles. The van der Waals surface area contributed by atoms with Crippen molar-refractivity contribution < 1.29 is 21.8 Å². The van der Waals surface area contributed by atoms with Gasteiger partial charge in [-0.15, -0.1) is 0 Å². The first-order valence-corrected chi connectivity index (χ1v) is 3.99. The van der Waals surface area contributed by atoms with E-state index in [1.165, 1.54) is 25.7 Å². The molecular formula is C8H18MnO. The Balaban J connectivity index is 0. The molecule has 10 heavy (non-hydrogen) atoms. The fourth-order valence-corrected chi connectivity index (χ4v) is 0.595. The Bertz CT molecular complexity index is 42.5. The first-order valence-electron chi connectivity index (χ1n) is 3.99. The smallest absolute Gasteiger partial charge is 0.0465 e. The van der Waals surface area contributed by atoms with E-state index < -0.39 is 0 Å². The summed E-state index contributed by atoms with van der Waals surface area (Å²) in [6.45, 7) is 6.28. The summed E-state index contributed by atoms with van der Waals surface area (Å²) < 4.78 is 5.31. The largest absolute Gasteiger partial charge is 0.381 e. The van der Waals surface area contributed by atoms with Gasteiger partial charge in [0.1, 0.15) is 0 Å². The standard InChI is InChI=1S/C8H18O.Mn/c1-3-5-7-9-8-6-4-2;/h3-8H2,1-2H3;. The van der Waals surface area contributed by atoms with E-state index in [0.717, 1.165) is 13.2 Å². The van der Waals surface area contributed by atoms with E-state index in [9.17, 15) is 0 Å². The summed E-state index contributed by atoms with van der Waals surface area (Å²) in [5.74, 6) is 0. The molecule has 2 heteroatoms. The zero-order valence-electron chi connectivity index (χ0n) is 7.03. The maximum atomic E-state index is 5.31. The Labute approximate surface area is 75.0 Å². The van der Waals surface area contributed by atoms with Crippen LogP contribution < -0.4 is 0 Å². The van der Waals surface area contributed by atoms with Crippen LogP contribution in [0.3, 0.4) is 0 Å². The summed E-state index contributed by atoms with van der Waals surface area (Å²) in [6.07, 6.45) is 4.91. The van der Waals surface area contributed by atoms with Gasteiger partial charge in [0.2, 0.25) is 0 Å². The minimum absolute atomic E-state index is 0. The van der Waals surface area contributed by atoms with E-state index in [1.807, 2.05) is 0 Å². The van der Waals surface area contributed by atoms with Crippen LogP contribution >= 0.6 is 0 Å². The molecule has 0 amide bonds. The molecule has 1 nitrogen and oxygen atoms in total. The maximum Gasteiger partial charge on any atom is 0.0465 e. The summed E-state index contributed by atoms with van der Waals surface area (Å²) in [7, 11) is 0. The quantitative estimate of drug-likeness (QED) is 0.456. The van der Waals surface area contributed by atoms with Crippen molar-refractivity contribution in [2.24, 2.45) is 0 Å². The minimum atomic E-state index is 0. The molecular weight excluding hydrogens is 167 g/mol. The van der Waals surface area contributed by atoms with E-state index in [-0.39, 0.29) is 17.1 Å². The zero-order chi connectivity index (χ0) is 6.95. The van der Waals surface area contributed by atoms with Crippen molar-refractivity contribution in [3.05, 3.63) is 0 Å². The van der Waals surface area contributed by atoms with Crippen LogP contribution in [0.2, 0.25) is 0 Å². The van der Waals surface area contributed by atoms with Gasteiger partial charge >= 0.3 is 0 Å². The average Bonchev–Trinajstić information content (AvgIpc) is 1.89. The van der Waals surface area contributed by atoms with E-state index >= 15 is 0 Å². The fraction of sp³-hybridized carbons (Fsp3) is 1.00. The van der Waals surface area contributed by atoms with E-state index in [4.69, 9.17) is 4.74 Å². The minimum Gasteiger partial charge on any atom is -0.381 e. The number of unbranched alkanes of at least 4 members (excludes halogenated alkanes) is 2. The average molecular weight is 185 g/mol. The van der Waals surface area contributed by atoms with Gasteiger partial charge in [-0.05, 0) is 12.8 Å². The molecule has 63 valence electrons. The molecule has 0 rings (SSSR count). The van der Waals surface area contributed by atoms with Gasteiger partial charge in [0, 0.05) is 30.3 Å². The van der Waals surface area contributed by atoms with Crippen molar-refractivity contribution in [3.8, 4) is 0 Å². The van der Waals surface area contributed by atoms with Crippen LogP contribution in [0.5, 0.6) is 0 Å². The Morgan fingerprint density at radius 1 is 0.900 bits per heavy atom. The van der Waals surface area contributed by atoms with Gasteiger partial charge in [-0.25, -0.2) is 0 Å². The molecule has 0 fully saturated rings. The van der Waals surface area contributed by atoms with Crippen LogP contribution in [0.25, 0.3) is 0 Å². The summed E-state index contributed by atoms with van der Waals surface area (Å²) >= 11 is 0. The Kier molecular flexibility index (Phi) is 16.0. The van der Waals surface area contributed by atoms with E-state index in [2.05, 4.69) is 13.8 Å². The molecule has 0 aliphatic heterocycles. The molecule has 0 saturated carbocycles. The fourth-order valence-electron chi connectivity index (χ4n) is 0.595. The van der Waals surface area contributed by atoms with Gasteiger partial charge in [0.25, 0.3) is 0 Å². The maximum absolute atomic E-state index is 5.31. The summed E-state index contributed by atoms with van der Waals surface area (Å²) in [5, 5.41) is 0. The van der Waals surface area contributed by atoms with Crippen molar-refractivity contribution in [2.45, 2.75) is 39.5 Å². The third kappa shape index (κ3) is 11.3. The summed E-state index contributed by atoms with van der Waals surface area (Å²) in [4.78, 5) is 0. The molecule has 0 N–H and O–H groups in total. The van der Waals surface area contributed by atoms with Gasteiger partial charge in [-0.1, -0.05) is 26.7 Å². The Morgan fingerprint density at radius 3 is 1.60 bits per heavy atom. The molecule has 0 aliphatic rings. The first kappa shape index (κ1) is 13.1. The summed E-state index contributed by atoms with van der Waals surface area (Å²) in [6, 6.07) is 0. The van der Waals surface area contributed by atoms with Crippen molar-refractivity contribution in [3.63, 3.8) is 0 Å². The molecule has 0 unspecified atom stereocenters. The van der Waals surface area contributed by atoms with Crippen molar-refractivity contribution in [1.29, 1.82) is 0 Å². The van der Waals surface area contributed by atoms with Gasteiger partial charge in [-0.2, -0.15) is 0 Å². The molecule has 0 aromatic heterocycles. The molecule has 0 saturated heterocycles. The number of hydrogen-bond donors (Lipinski definition) is 0.